The molecule has 0 unspecified atom stereocenters. The number of benzene rings is 4. The predicted octanol–water partition coefficient (Wildman–Crippen LogP) is 5.52. The summed E-state index contributed by atoms with van der Waals surface area (Å²) in [7, 11) is 0. The number of halogens is 4. The Labute approximate surface area is 594 Å². The summed E-state index contributed by atoms with van der Waals surface area (Å²) in [5.74, 6) is -8.88. The number of hydrogen-bond acceptors (Lipinski definition) is 18. The van der Waals surface area contributed by atoms with Crippen LogP contribution in [0.25, 0.3) is 45.6 Å². The number of carboxylic acid groups (broad SMARTS) is 6. The molecule has 0 radical (unpaired) electrons. The molecule has 24 heteroatoms. The first-order valence-corrected chi connectivity index (χ1v) is 27.5. The SMILES string of the molecule is O=C([O-])C(=O)[O-].O=C([O-])c1ccc(I)cc1.O=C([O-])c1ccc(I)cc1.O=C([O-])c1ccc(I)cc1.O=C([O-])c1ccc(I)cc1.[Tm+3].[Tm+3].c1ccc(-c2cccc(-c3ccccn3)n2)nc1.c1ccc(-c2cccc(-c3ccccn3)n2)nc1. The number of rotatable bonds is 8. The number of aromatic carboxylic acids is 4. The van der Waals surface area contributed by atoms with Crippen LogP contribution in [-0.2, 0) is 9.59 Å². The van der Waals surface area contributed by atoms with E-state index in [1.54, 1.807) is 73.3 Å². The van der Waals surface area contributed by atoms with Crippen LogP contribution in [0.1, 0.15) is 41.4 Å². The summed E-state index contributed by atoms with van der Waals surface area (Å²) in [6, 6.07) is 61.0. The third-order valence-corrected chi connectivity index (χ3v) is 12.6. The van der Waals surface area contributed by atoms with Crippen molar-refractivity contribution in [3.8, 4) is 45.6 Å². The van der Waals surface area contributed by atoms with E-state index in [1.165, 1.54) is 48.5 Å². The van der Waals surface area contributed by atoms with E-state index in [-0.39, 0.29) is 96.0 Å². The van der Waals surface area contributed by atoms with Gasteiger partial charge in [0.15, 0.2) is 0 Å². The number of carboxylic acids is 6. The predicted molar refractivity (Wildman–Crippen MR) is 325 cm³/mol. The molecular weight excluding hydrogens is 1840 g/mol. The Kier molecular flexibility index (Phi) is 36.3. The standard InChI is InChI=1S/2C15H11N3.4C7H5IO2.C2H2O4.2Tm/c2*1-3-10-16-12(6-1)14-8-5-9-15(18-14)13-7-2-4-11-17-13;4*8-6-3-1-5(2-4-6)7(9)10;3-1(4)2(5)6;;/h2*1-11H;4*1-4H,(H,9,10);(H,3,4)(H,5,6);;/q;;;;;;;2*+3/p-6. The topological polar surface area (TPSA) is 318 Å². The zero-order chi connectivity index (χ0) is 59.8. The number of pyridine rings is 6. The van der Waals surface area contributed by atoms with E-state index < -0.39 is 35.8 Å². The summed E-state index contributed by atoms with van der Waals surface area (Å²) in [5, 5.41) is 58.6. The van der Waals surface area contributed by atoms with Crippen LogP contribution in [0.4, 0.5) is 0 Å². The number of hydrogen-bond donors (Lipinski definition) is 0. The average molecular weight is 1880 g/mol. The van der Waals surface area contributed by atoms with Gasteiger partial charge in [-0.05, 0) is 234 Å². The van der Waals surface area contributed by atoms with E-state index in [0.717, 1.165) is 59.8 Å². The van der Waals surface area contributed by atoms with Gasteiger partial charge in [-0.25, -0.2) is 9.97 Å². The number of aliphatic carboxylic acids is 2. The molecule has 84 heavy (non-hydrogen) atoms. The molecule has 4 aromatic carbocycles. The fourth-order valence-corrected chi connectivity index (χ4v) is 7.28. The van der Waals surface area contributed by atoms with Gasteiger partial charge in [0.1, 0.15) is 0 Å². The number of aromatic nitrogens is 6. The minimum absolute atomic E-state index is 0. The Morgan fingerprint density at radius 1 is 0.250 bits per heavy atom. The van der Waals surface area contributed by atoms with E-state index in [2.05, 4.69) is 120 Å². The zero-order valence-electron chi connectivity index (χ0n) is 42.6. The quantitative estimate of drug-likeness (QED) is 0.134. The Bertz CT molecular complexity index is 3170. The van der Waals surface area contributed by atoms with Crippen LogP contribution in [0.3, 0.4) is 0 Å². The largest absolute Gasteiger partial charge is 3.00 e. The minimum Gasteiger partial charge on any atom is -0.545 e. The first-order chi connectivity index (χ1) is 39.3. The molecule has 0 aliphatic rings. The number of carbonyl (C=O) groups excluding carboxylic acids is 6. The van der Waals surface area contributed by atoms with Crippen LogP contribution < -0.4 is 30.6 Å². The Morgan fingerprint density at radius 2 is 0.429 bits per heavy atom. The fourth-order valence-electron chi connectivity index (χ4n) is 5.84. The van der Waals surface area contributed by atoms with Crippen molar-refractivity contribution in [2.75, 3.05) is 0 Å². The smallest absolute Gasteiger partial charge is 0.545 e. The van der Waals surface area contributed by atoms with Crippen LogP contribution in [0.5, 0.6) is 0 Å². The molecule has 0 amide bonds. The molecule has 0 aliphatic heterocycles. The molecule has 0 spiro atoms. The van der Waals surface area contributed by atoms with Crippen LogP contribution in [0, 0.1) is 88.0 Å². The van der Waals surface area contributed by atoms with Crippen molar-refractivity contribution in [1.29, 1.82) is 0 Å². The Balaban J connectivity index is 0.000000343. The van der Waals surface area contributed by atoms with E-state index >= 15 is 0 Å². The summed E-state index contributed by atoms with van der Waals surface area (Å²) >= 11 is 8.43. The van der Waals surface area contributed by atoms with E-state index in [1.807, 2.05) is 109 Å². The van der Waals surface area contributed by atoms with Crippen LogP contribution in [0.15, 0.2) is 231 Å². The van der Waals surface area contributed by atoms with Crippen molar-refractivity contribution in [1.82, 2.24) is 29.9 Å². The van der Waals surface area contributed by atoms with Gasteiger partial charge in [-0.3, -0.25) is 19.9 Å². The van der Waals surface area contributed by atoms with Gasteiger partial charge in [0.2, 0.25) is 0 Å². The normalized spacial score (nSPS) is 9.33. The third-order valence-electron chi connectivity index (χ3n) is 9.69. The summed E-state index contributed by atoms with van der Waals surface area (Å²) in [6.07, 6.45) is 7.07. The van der Waals surface area contributed by atoms with Crippen LogP contribution in [0.2, 0.25) is 0 Å². The summed E-state index contributed by atoms with van der Waals surface area (Å²) in [5.41, 5.74) is 7.81. The first kappa shape index (κ1) is 74.1. The van der Waals surface area contributed by atoms with Crippen molar-refractivity contribution in [2.24, 2.45) is 0 Å². The van der Waals surface area contributed by atoms with Gasteiger partial charge in [-0.2, -0.15) is 0 Å². The molecule has 6 heterocycles. The summed E-state index contributed by atoms with van der Waals surface area (Å²) in [6.45, 7) is 0. The molecule has 434 valence electrons. The third kappa shape index (κ3) is 28.7. The molecule has 0 N–H and O–H groups in total. The molecule has 0 bridgehead atoms. The summed E-state index contributed by atoms with van der Waals surface area (Å²) in [4.78, 5) is 85.0. The molecule has 0 atom stereocenters. The van der Waals surface area contributed by atoms with E-state index in [0.29, 0.717) is 0 Å². The second kappa shape index (κ2) is 41.1. The van der Waals surface area contributed by atoms with Gasteiger partial charge in [0.25, 0.3) is 0 Å². The van der Waals surface area contributed by atoms with Crippen molar-refractivity contribution in [2.45, 2.75) is 0 Å². The maximum absolute atomic E-state index is 10.2. The molecule has 0 fully saturated rings. The second-order valence-electron chi connectivity index (χ2n) is 15.4. The molecule has 0 saturated carbocycles. The van der Waals surface area contributed by atoms with Gasteiger partial charge in [0.05, 0.1) is 81.4 Å². The van der Waals surface area contributed by atoms with Gasteiger partial charge >= 0.3 is 73.7 Å². The van der Waals surface area contributed by atoms with Crippen molar-refractivity contribution >= 4 is 126 Å². The van der Waals surface area contributed by atoms with Gasteiger partial charge in [0, 0.05) is 39.1 Å². The molecule has 6 aromatic heterocycles. The average Bonchev–Trinajstić information content (AvgIpc) is 3.71. The fraction of sp³-hybridized carbons (Fsp3) is 0. The van der Waals surface area contributed by atoms with Crippen LogP contribution >= 0.6 is 90.4 Å². The maximum atomic E-state index is 10.2. The second-order valence-corrected chi connectivity index (χ2v) is 20.4. The minimum atomic E-state index is -2.19. The van der Waals surface area contributed by atoms with Crippen molar-refractivity contribution in [3.63, 3.8) is 0 Å². The number of carbonyl (C=O) groups is 6. The van der Waals surface area contributed by atoms with E-state index in [9.17, 15) is 39.6 Å². The van der Waals surface area contributed by atoms with Gasteiger partial charge < -0.3 is 59.4 Å². The Hall–Kier alpha value is -6.01. The molecular formula is C60H38I4N6O12Tm2. The van der Waals surface area contributed by atoms with Gasteiger partial charge in [-0.1, -0.05) is 84.9 Å². The van der Waals surface area contributed by atoms with Crippen molar-refractivity contribution < 1.29 is 133 Å². The maximum Gasteiger partial charge on any atom is 3.00 e. The van der Waals surface area contributed by atoms with E-state index in [4.69, 9.17) is 19.8 Å². The van der Waals surface area contributed by atoms with Crippen LogP contribution in [-0.4, -0.2) is 65.7 Å². The molecule has 0 saturated heterocycles. The zero-order valence-corrected chi connectivity index (χ0v) is 54.8. The van der Waals surface area contributed by atoms with Crippen molar-refractivity contribution in [3.05, 3.63) is 268 Å². The molecule has 0 aliphatic carbocycles. The van der Waals surface area contributed by atoms with Gasteiger partial charge in [-0.15, -0.1) is 0 Å². The summed E-state index contributed by atoms with van der Waals surface area (Å²) < 4.78 is 4.07. The molecule has 18 nitrogen and oxygen atoms in total. The molecule has 10 aromatic rings. The first-order valence-electron chi connectivity index (χ1n) is 23.2. The monoisotopic (exact) mass is 1880 g/mol. The number of nitrogens with zero attached hydrogens (tertiary/aromatic N) is 6. The molecule has 10 rings (SSSR count). The Morgan fingerprint density at radius 3 is 0.571 bits per heavy atom.